The van der Waals surface area contributed by atoms with Gasteiger partial charge in [0, 0.05) is 32.2 Å². The maximum atomic E-state index is 11.9. The minimum Gasteiger partial charge on any atom is -0.508 e. The van der Waals surface area contributed by atoms with Crippen molar-refractivity contribution in [1.29, 1.82) is 0 Å². The molecule has 0 bridgehead atoms. The molecule has 0 radical (unpaired) electrons. The molecule has 5 heteroatoms. The van der Waals surface area contributed by atoms with Crippen LogP contribution < -0.4 is 5.32 Å². The fraction of sp³-hybridized carbons (Fsp3) is 0.588. The molecular weight excluding hydrogens is 280 g/mol. The number of hydrogen-bond donors (Lipinski definition) is 2. The minimum atomic E-state index is -0.313. The summed E-state index contributed by atoms with van der Waals surface area (Å²) in [7, 11) is 3.51. The lowest BCUT2D eigenvalue weighted by molar-refractivity contribution is -0.140. The highest BCUT2D eigenvalue weighted by Gasteiger charge is 2.31. The van der Waals surface area contributed by atoms with Crippen molar-refractivity contribution >= 4 is 5.91 Å². The Hall–Kier alpha value is -1.59. The average Bonchev–Trinajstić information content (AvgIpc) is 2.97. The Kier molecular flexibility index (Phi) is 5.80. The Morgan fingerprint density at radius 2 is 2.14 bits per heavy atom. The van der Waals surface area contributed by atoms with Crippen LogP contribution in [-0.2, 0) is 9.53 Å². The number of nitrogens with zero attached hydrogens (tertiary/aromatic N) is 1. The van der Waals surface area contributed by atoms with Crippen LogP contribution in [0.3, 0.4) is 0 Å². The van der Waals surface area contributed by atoms with Crippen molar-refractivity contribution in [2.75, 3.05) is 20.6 Å². The first kappa shape index (κ1) is 16.8. The summed E-state index contributed by atoms with van der Waals surface area (Å²) in [6.45, 7) is 2.77. The number of carbonyl (C=O) groups excluding carboxylic acids is 1. The highest BCUT2D eigenvalue weighted by molar-refractivity contribution is 5.80. The number of phenols is 1. The van der Waals surface area contributed by atoms with Gasteiger partial charge in [-0.3, -0.25) is 4.79 Å². The number of benzene rings is 1. The number of nitrogens with one attached hydrogen (secondary N) is 1. The molecule has 1 aliphatic rings. The summed E-state index contributed by atoms with van der Waals surface area (Å²) in [6, 6.07) is 7.48. The summed E-state index contributed by atoms with van der Waals surface area (Å²) in [5.74, 6) is 0.352. The summed E-state index contributed by atoms with van der Waals surface area (Å²) in [4.78, 5) is 13.5. The molecule has 22 heavy (non-hydrogen) atoms. The molecule has 1 amide bonds. The lowest BCUT2D eigenvalue weighted by atomic mass is 10.0. The van der Waals surface area contributed by atoms with Crippen LogP contribution in [0.5, 0.6) is 5.75 Å². The largest absolute Gasteiger partial charge is 0.508 e. The molecule has 0 unspecified atom stereocenters. The summed E-state index contributed by atoms with van der Waals surface area (Å²) in [5.41, 5.74) is 0.906. The minimum absolute atomic E-state index is 0.0373. The van der Waals surface area contributed by atoms with Crippen molar-refractivity contribution in [3.63, 3.8) is 0 Å². The molecule has 1 heterocycles. The number of rotatable bonds is 6. The van der Waals surface area contributed by atoms with Gasteiger partial charge in [0.2, 0.25) is 0 Å². The molecule has 1 aromatic carbocycles. The Morgan fingerprint density at radius 1 is 1.41 bits per heavy atom. The standard InChI is InChI=1S/C17H26N2O3/c1-4-14(13-7-5-6-8-15(13)20)18-11-12-9-10-16(22-12)17(21)19(2)3/h5-8,12,14,16,18,20H,4,9-11H2,1-3H3/t12-,14+,16-/m1/s1. The van der Waals surface area contributed by atoms with Crippen LogP contribution >= 0.6 is 0 Å². The van der Waals surface area contributed by atoms with E-state index in [-0.39, 0.29) is 24.2 Å². The van der Waals surface area contributed by atoms with E-state index >= 15 is 0 Å². The van der Waals surface area contributed by atoms with Gasteiger partial charge in [-0.2, -0.15) is 0 Å². The maximum Gasteiger partial charge on any atom is 0.251 e. The third-order valence-electron chi connectivity index (χ3n) is 4.14. The number of ether oxygens (including phenoxy) is 1. The number of para-hydroxylation sites is 1. The zero-order valence-electron chi connectivity index (χ0n) is 13.6. The average molecular weight is 306 g/mol. The van der Waals surface area contributed by atoms with Gasteiger partial charge in [0.25, 0.3) is 5.91 Å². The van der Waals surface area contributed by atoms with Crippen LogP contribution in [0.15, 0.2) is 24.3 Å². The van der Waals surface area contributed by atoms with E-state index in [4.69, 9.17) is 4.74 Å². The van der Waals surface area contributed by atoms with Crippen molar-refractivity contribution in [2.24, 2.45) is 0 Å². The van der Waals surface area contributed by atoms with Crippen molar-refractivity contribution in [2.45, 2.75) is 44.4 Å². The van der Waals surface area contributed by atoms with E-state index in [2.05, 4.69) is 12.2 Å². The van der Waals surface area contributed by atoms with E-state index in [9.17, 15) is 9.90 Å². The van der Waals surface area contributed by atoms with Crippen LogP contribution in [0.25, 0.3) is 0 Å². The van der Waals surface area contributed by atoms with Gasteiger partial charge in [0.05, 0.1) is 6.10 Å². The zero-order chi connectivity index (χ0) is 16.1. The first-order valence-electron chi connectivity index (χ1n) is 7.90. The fourth-order valence-electron chi connectivity index (χ4n) is 2.86. The van der Waals surface area contributed by atoms with Gasteiger partial charge in [0.15, 0.2) is 0 Å². The lowest BCUT2D eigenvalue weighted by Crippen LogP contribution is -2.35. The van der Waals surface area contributed by atoms with Crippen LogP contribution in [0, 0.1) is 0 Å². The highest BCUT2D eigenvalue weighted by atomic mass is 16.5. The second-order valence-corrected chi connectivity index (χ2v) is 5.98. The zero-order valence-corrected chi connectivity index (χ0v) is 13.6. The van der Waals surface area contributed by atoms with E-state index in [0.29, 0.717) is 12.3 Å². The molecule has 1 saturated heterocycles. The van der Waals surface area contributed by atoms with Crippen LogP contribution in [0.1, 0.15) is 37.8 Å². The highest BCUT2D eigenvalue weighted by Crippen LogP contribution is 2.27. The van der Waals surface area contributed by atoms with E-state index < -0.39 is 0 Å². The number of phenolic OH excluding ortho intramolecular Hbond substituents is 1. The molecule has 0 aromatic heterocycles. The lowest BCUT2D eigenvalue weighted by Gasteiger charge is -2.21. The van der Waals surface area contributed by atoms with Crippen molar-refractivity contribution < 1.29 is 14.6 Å². The quantitative estimate of drug-likeness (QED) is 0.844. The van der Waals surface area contributed by atoms with Gasteiger partial charge in [-0.1, -0.05) is 25.1 Å². The van der Waals surface area contributed by atoms with Crippen LogP contribution in [0.4, 0.5) is 0 Å². The Bertz CT molecular complexity index is 504. The van der Waals surface area contributed by atoms with E-state index in [0.717, 1.165) is 24.8 Å². The van der Waals surface area contributed by atoms with Gasteiger partial charge in [-0.05, 0) is 25.3 Å². The number of carbonyl (C=O) groups is 1. The normalized spacial score (nSPS) is 22.5. The second kappa shape index (κ2) is 7.61. The summed E-state index contributed by atoms with van der Waals surface area (Å²) >= 11 is 0. The first-order valence-corrected chi connectivity index (χ1v) is 7.90. The van der Waals surface area contributed by atoms with E-state index in [1.54, 1.807) is 25.1 Å². The number of aromatic hydroxyl groups is 1. The molecule has 2 N–H and O–H groups in total. The molecule has 122 valence electrons. The fourth-order valence-corrected chi connectivity index (χ4v) is 2.86. The molecule has 3 atom stereocenters. The molecule has 0 spiro atoms. The van der Waals surface area contributed by atoms with Crippen molar-refractivity contribution in [3.8, 4) is 5.75 Å². The molecule has 5 nitrogen and oxygen atoms in total. The van der Waals surface area contributed by atoms with Gasteiger partial charge in [-0.15, -0.1) is 0 Å². The summed E-state index contributed by atoms with van der Waals surface area (Å²) in [6.07, 6.45) is 2.27. The molecule has 0 saturated carbocycles. The molecule has 2 rings (SSSR count). The monoisotopic (exact) mass is 306 g/mol. The van der Waals surface area contributed by atoms with E-state index in [1.165, 1.54) is 0 Å². The number of amides is 1. The van der Waals surface area contributed by atoms with Gasteiger partial charge in [0.1, 0.15) is 11.9 Å². The topological polar surface area (TPSA) is 61.8 Å². The molecule has 1 aliphatic heterocycles. The second-order valence-electron chi connectivity index (χ2n) is 5.98. The Labute approximate surface area is 132 Å². The molecule has 1 fully saturated rings. The molecular formula is C17H26N2O3. The predicted molar refractivity (Wildman–Crippen MR) is 85.7 cm³/mol. The Balaban J connectivity index is 1.87. The summed E-state index contributed by atoms with van der Waals surface area (Å²) < 4.78 is 5.83. The van der Waals surface area contributed by atoms with Crippen molar-refractivity contribution in [1.82, 2.24) is 10.2 Å². The Morgan fingerprint density at radius 3 is 2.77 bits per heavy atom. The van der Waals surface area contributed by atoms with Gasteiger partial charge < -0.3 is 20.1 Å². The van der Waals surface area contributed by atoms with Gasteiger partial charge in [-0.25, -0.2) is 0 Å². The SMILES string of the molecule is CC[C@H](NC[C@H]1CC[C@H](C(=O)N(C)C)O1)c1ccccc1O. The molecule has 1 aromatic rings. The smallest absolute Gasteiger partial charge is 0.251 e. The van der Waals surface area contributed by atoms with Crippen molar-refractivity contribution in [3.05, 3.63) is 29.8 Å². The third-order valence-corrected chi connectivity index (χ3v) is 4.14. The van der Waals surface area contributed by atoms with E-state index in [1.807, 2.05) is 18.2 Å². The number of hydrogen-bond acceptors (Lipinski definition) is 4. The van der Waals surface area contributed by atoms with Gasteiger partial charge >= 0.3 is 0 Å². The first-order chi connectivity index (χ1) is 10.5. The number of likely N-dealkylation sites (N-methyl/N-ethyl adjacent to an activating group) is 1. The predicted octanol–water partition coefficient (Wildman–Crippen LogP) is 2.07. The molecule has 0 aliphatic carbocycles. The summed E-state index contributed by atoms with van der Waals surface area (Å²) in [5, 5.41) is 13.4. The van der Waals surface area contributed by atoms with Crippen LogP contribution in [0.2, 0.25) is 0 Å². The third kappa shape index (κ3) is 3.99. The van der Waals surface area contributed by atoms with Crippen LogP contribution in [-0.4, -0.2) is 48.8 Å². The maximum absolute atomic E-state index is 11.9.